The van der Waals surface area contributed by atoms with Crippen LogP contribution in [0.2, 0.25) is 0 Å². The molecule has 4 aromatic rings. The Hall–Kier alpha value is -3.74. The lowest BCUT2D eigenvalue weighted by Gasteiger charge is -2.27. The van der Waals surface area contributed by atoms with Crippen LogP contribution in [0.15, 0.2) is 52.9 Å². The molecule has 0 radical (unpaired) electrons. The maximum Gasteiger partial charge on any atom is 0.341 e. The predicted octanol–water partition coefficient (Wildman–Crippen LogP) is 4.93. The summed E-state index contributed by atoms with van der Waals surface area (Å²) in [6, 6.07) is 15.1. The number of carbonyl (C=O) groups is 1. The van der Waals surface area contributed by atoms with Crippen molar-refractivity contribution in [1.29, 1.82) is 0 Å². The smallest absolute Gasteiger partial charge is 0.341 e. The molecule has 1 aliphatic rings. The summed E-state index contributed by atoms with van der Waals surface area (Å²) in [6.45, 7) is 0. The van der Waals surface area contributed by atoms with Crippen LogP contribution < -0.4 is 4.74 Å². The highest BCUT2D eigenvalue weighted by Gasteiger charge is 2.28. The molecule has 30 heavy (non-hydrogen) atoms. The van der Waals surface area contributed by atoms with Crippen molar-refractivity contribution in [2.75, 3.05) is 7.11 Å². The van der Waals surface area contributed by atoms with Gasteiger partial charge in [0.15, 0.2) is 0 Å². The number of fused-ring (bicyclic) bond motifs is 1. The summed E-state index contributed by atoms with van der Waals surface area (Å²) >= 11 is 0. The number of ether oxygens (including phenoxy) is 1. The average Bonchev–Trinajstić information content (AvgIpc) is 3.21. The number of pyridine rings is 1. The molecule has 1 fully saturated rings. The molecule has 0 atom stereocenters. The molecule has 0 bridgehead atoms. The van der Waals surface area contributed by atoms with Crippen molar-refractivity contribution in [3.63, 3.8) is 0 Å². The van der Waals surface area contributed by atoms with Crippen LogP contribution in [-0.4, -0.2) is 33.4 Å². The molecule has 2 aromatic carbocycles. The minimum absolute atomic E-state index is 0.0165. The lowest BCUT2D eigenvalue weighted by molar-refractivity contribution is 0.0692. The van der Waals surface area contributed by atoms with Crippen LogP contribution in [0.4, 0.5) is 0 Å². The van der Waals surface area contributed by atoms with Gasteiger partial charge in [0, 0.05) is 10.9 Å². The summed E-state index contributed by atoms with van der Waals surface area (Å²) in [6.07, 6.45) is 3.35. The number of hydrogen-bond acceptors (Lipinski definition) is 6. The Morgan fingerprint density at radius 3 is 2.53 bits per heavy atom. The Labute approximate surface area is 172 Å². The number of methoxy groups -OCH3 is 1. The van der Waals surface area contributed by atoms with Crippen molar-refractivity contribution >= 4 is 16.9 Å². The van der Waals surface area contributed by atoms with Crippen molar-refractivity contribution in [2.24, 2.45) is 0 Å². The summed E-state index contributed by atoms with van der Waals surface area (Å²) in [5.41, 5.74) is 3.30. The summed E-state index contributed by atoms with van der Waals surface area (Å²) in [7, 11) is 1.41. The molecule has 5 rings (SSSR count). The van der Waals surface area contributed by atoms with Gasteiger partial charge >= 0.3 is 5.97 Å². The van der Waals surface area contributed by atoms with E-state index in [0.29, 0.717) is 28.6 Å². The fourth-order valence-electron chi connectivity index (χ4n) is 3.85. The minimum atomic E-state index is -1.09. The van der Waals surface area contributed by atoms with Crippen LogP contribution in [0.25, 0.3) is 33.8 Å². The van der Waals surface area contributed by atoms with Crippen LogP contribution in [0.1, 0.15) is 41.1 Å². The second kappa shape index (κ2) is 7.26. The summed E-state index contributed by atoms with van der Waals surface area (Å²) in [4.78, 5) is 16.2. The Balaban J connectivity index is 1.74. The van der Waals surface area contributed by atoms with E-state index in [9.17, 15) is 9.90 Å². The minimum Gasteiger partial charge on any atom is -0.480 e. The zero-order valence-corrected chi connectivity index (χ0v) is 16.3. The second-order valence-corrected chi connectivity index (χ2v) is 7.36. The first kappa shape index (κ1) is 18.3. The van der Waals surface area contributed by atoms with E-state index in [4.69, 9.17) is 9.15 Å². The molecule has 1 aliphatic carbocycles. The molecule has 150 valence electrons. The second-order valence-electron chi connectivity index (χ2n) is 7.36. The molecular weight excluding hydrogens is 382 g/mol. The molecule has 2 aromatic heterocycles. The van der Waals surface area contributed by atoms with Crippen LogP contribution in [0.3, 0.4) is 0 Å². The number of rotatable bonds is 5. The number of aromatic carboxylic acids is 1. The zero-order chi connectivity index (χ0) is 20.7. The fourth-order valence-corrected chi connectivity index (χ4v) is 3.85. The molecule has 7 nitrogen and oxygen atoms in total. The predicted molar refractivity (Wildman–Crippen MR) is 111 cm³/mol. The van der Waals surface area contributed by atoms with Gasteiger partial charge < -0.3 is 14.3 Å². The van der Waals surface area contributed by atoms with Gasteiger partial charge in [0.25, 0.3) is 5.89 Å². The van der Waals surface area contributed by atoms with E-state index < -0.39 is 5.97 Å². The maximum atomic E-state index is 11.6. The highest BCUT2D eigenvalue weighted by Crippen LogP contribution is 2.44. The molecule has 2 heterocycles. The van der Waals surface area contributed by atoms with E-state index >= 15 is 0 Å². The first-order chi connectivity index (χ1) is 14.7. The third kappa shape index (κ3) is 2.99. The number of hydrogen-bond donors (Lipinski definition) is 1. The molecule has 1 saturated carbocycles. The Bertz CT molecular complexity index is 1250. The molecule has 0 saturated heterocycles. The van der Waals surface area contributed by atoms with Gasteiger partial charge in [0.05, 0.1) is 18.2 Å². The van der Waals surface area contributed by atoms with Crippen molar-refractivity contribution in [2.45, 2.75) is 25.2 Å². The molecule has 7 heteroatoms. The third-order valence-electron chi connectivity index (χ3n) is 5.61. The van der Waals surface area contributed by atoms with Crippen molar-refractivity contribution < 1.29 is 19.1 Å². The van der Waals surface area contributed by atoms with Crippen molar-refractivity contribution in [3.8, 4) is 28.8 Å². The van der Waals surface area contributed by atoms with Gasteiger partial charge in [-0.1, -0.05) is 36.8 Å². The number of benzene rings is 2. The van der Waals surface area contributed by atoms with Gasteiger partial charge in [-0.15, -0.1) is 10.2 Å². The van der Waals surface area contributed by atoms with Crippen molar-refractivity contribution in [1.82, 2.24) is 15.2 Å². The maximum absolute atomic E-state index is 11.6. The average molecular weight is 401 g/mol. The van der Waals surface area contributed by atoms with Gasteiger partial charge in [0.2, 0.25) is 11.8 Å². The molecule has 1 N–H and O–H groups in total. The first-order valence-electron chi connectivity index (χ1n) is 9.80. The Morgan fingerprint density at radius 1 is 1.10 bits per heavy atom. The van der Waals surface area contributed by atoms with Gasteiger partial charge in [-0.25, -0.2) is 9.78 Å². The number of carboxylic acids is 1. The number of aromatic nitrogens is 3. The fraction of sp³-hybridized carbons (Fsp3) is 0.217. The molecule has 0 spiro atoms. The largest absolute Gasteiger partial charge is 0.480 e. The van der Waals surface area contributed by atoms with E-state index in [1.54, 1.807) is 6.07 Å². The Kier molecular flexibility index (Phi) is 4.43. The first-order valence-corrected chi connectivity index (χ1v) is 9.80. The third-order valence-corrected chi connectivity index (χ3v) is 5.61. The Morgan fingerprint density at radius 2 is 1.87 bits per heavy atom. The lowest BCUT2D eigenvalue weighted by Crippen LogP contribution is -2.11. The standard InChI is InChI=1S/C23H19N3O4/c1-29-21-17(23(27)28)12-15-10-11-16(13-8-5-9-13)18(19(15)24-21)22-26-25-20(30-22)14-6-3-2-4-7-14/h2-4,6-7,10-13H,5,8-9H2,1H3,(H,27,28). The summed E-state index contributed by atoms with van der Waals surface area (Å²) in [5, 5.41) is 18.7. The van der Waals surface area contributed by atoms with E-state index in [-0.39, 0.29) is 11.4 Å². The molecule has 0 aliphatic heterocycles. The van der Waals surface area contributed by atoms with Gasteiger partial charge in [-0.2, -0.15) is 0 Å². The van der Waals surface area contributed by atoms with Crippen LogP contribution in [0.5, 0.6) is 5.88 Å². The van der Waals surface area contributed by atoms with Crippen LogP contribution in [0, 0.1) is 0 Å². The van der Waals surface area contributed by atoms with Gasteiger partial charge in [-0.05, 0) is 42.5 Å². The zero-order valence-electron chi connectivity index (χ0n) is 16.3. The lowest BCUT2D eigenvalue weighted by atomic mass is 9.77. The van der Waals surface area contributed by atoms with Gasteiger partial charge in [-0.3, -0.25) is 0 Å². The van der Waals surface area contributed by atoms with Crippen LogP contribution in [-0.2, 0) is 0 Å². The molecule has 0 amide bonds. The number of carboxylic acid groups (broad SMARTS) is 1. The molecular formula is C23H19N3O4. The van der Waals surface area contributed by atoms with Crippen LogP contribution >= 0.6 is 0 Å². The highest BCUT2D eigenvalue weighted by molar-refractivity contribution is 6.00. The monoisotopic (exact) mass is 401 g/mol. The van der Waals surface area contributed by atoms with E-state index in [1.165, 1.54) is 13.5 Å². The van der Waals surface area contributed by atoms with E-state index in [1.807, 2.05) is 42.5 Å². The van der Waals surface area contributed by atoms with E-state index in [0.717, 1.165) is 29.5 Å². The summed E-state index contributed by atoms with van der Waals surface area (Å²) < 4.78 is 11.3. The van der Waals surface area contributed by atoms with Gasteiger partial charge in [0.1, 0.15) is 5.56 Å². The SMILES string of the molecule is COc1nc2c(-c3nnc(-c4ccccc4)o3)c(C3CCC3)ccc2cc1C(=O)O. The number of nitrogens with zero attached hydrogens (tertiary/aromatic N) is 3. The van der Waals surface area contributed by atoms with Crippen molar-refractivity contribution in [3.05, 3.63) is 59.7 Å². The quantitative estimate of drug-likeness (QED) is 0.506. The topological polar surface area (TPSA) is 98.3 Å². The summed E-state index contributed by atoms with van der Waals surface area (Å²) in [5.74, 6) is 0.165. The highest BCUT2D eigenvalue weighted by atomic mass is 16.5. The molecule has 0 unspecified atom stereocenters. The van der Waals surface area contributed by atoms with E-state index in [2.05, 4.69) is 15.2 Å². The normalized spacial score (nSPS) is 13.9.